The minimum Gasteiger partial charge on any atom is -0.447 e. The monoisotopic (exact) mass is 310 g/mol. The van der Waals surface area contributed by atoms with E-state index in [1.54, 1.807) is 29.2 Å². The fourth-order valence-corrected chi connectivity index (χ4v) is 2.48. The van der Waals surface area contributed by atoms with Crippen LogP contribution in [0, 0.1) is 0 Å². The second-order valence-corrected chi connectivity index (χ2v) is 5.35. The number of ether oxygens (including phenoxy) is 1. The molecule has 0 atom stereocenters. The lowest BCUT2D eigenvalue weighted by molar-refractivity contribution is -0.116. The molecule has 0 radical (unpaired) electrons. The molecule has 0 aromatic heterocycles. The van der Waals surface area contributed by atoms with Crippen LogP contribution < -0.4 is 10.2 Å². The van der Waals surface area contributed by atoms with Gasteiger partial charge in [-0.2, -0.15) is 0 Å². The van der Waals surface area contributed by atoms with Crippen LogP contribution in [0.4, 0.5) is 16.2 Å². The fraction of sp³-hybridized carbons (Fsp3) is 0.222. The second kappa shape index (κ2) is 6.96. The van der Waals surface area contributed by atoms with Crippen LogP contribution >= 0.6 is 0 Å². The van der Waals surface area contributed by atoms with Crippen molar-refractivity contribution in [3.8, 4) is 0 Å². The summed E-state index contributed by atoms with van der Waals surface area (Å²) >= 11 is 0. The lowest BCUT2D eigenvalue weighted by atomic mass is 10.1. The topological polar surface area (TPSA) is 58.6 Å². The Balaban J connectivity index is 1.53. The maximum absolute atomic E-state index is 12.0. The smallest absolute Gasteiger partial charge is 0.414 e. The number of amides is 2. The largest absolute Gasteiger partial charge is 0.447 e. The first kappa shape index (κ1) is 15.1. The Morgan fingerprint density at radius 2 is 1.83 bits per heavy atom. The van der Waals surface area contributed by atoms with Gasteiger partial charge in [-0.3, -0.25) is 9.69 Å². The van der Waals surface area contributed by atoms with E-state index in [9.17, 15) is 9.59 Å². The third kappa shape index (κ3) is 3.88. The van der Waals surface area contributed by atoms with Crippen LogP contribution in [0.5, 0.6) is 0 Å². The number of cyclic esters (lactones) is 1. The first-order valence-electron chi connectivity index (χ1n) is 7.60. The molecule has 1 aliphatic rings. The highest BCUT2D eigenvalue weighted by atomic mass is 16.6. The average Bonchev–Trinajstić information content (AvgIpc) is 3.01. The quantitative estimate of drug-likeness (QED) is 0.922. The van der Waals surface area contributed by atoms with Crippen molar-refractivity contribution in [3.63, 3.8) is 0 Å². The van der Waals surface area contributed by atoms with E-state index in [4.69, 9.17) is 4.74 Å². The van der Waals surface area contributed by atoms with Crippen LogP contribution in [0.25, 0.3) is 0 Å². The van der Waals surface area contributed by atoms with Gasteiger partial charge in [0.1, 0.15) is 6.61 Å². The summed E-state index contributed by atoms with van der Waals surface area (Å²) in [6, 6.07) is 17.1. The Morgan fingerprint density at radius 1 is 1.09 bits per heavy atom. The van der Waals surface area contributed by atoms with Crippen molar-refractivity contribution in [3.05, 3.63) is 60.2 Å². The minimum absolute atomic E-state index is 0.0258. The SMILES string of the molecule is O=C(CCc1ccccc1)Nc1ccc(N2CCOC2=O)cc1. The summed E-state index contributed by atoms with van der Waals surface area (Å²) in [5.74, 6) is -0.0258. The summed E-state index contributed by atoms with van der Waals surface area (Å²) in [6.07, 6.45) is 0.818. The fourth-order valence-electron chi connectivity index (χ4n) is 2.48. The third-order valence-corrected chi connectivity index (χ3v) is 3.71. The average molecular weight is 310 g/mol. The molecule has 1 aliphatic heterocycles. The van der Waals surface area contributed by atoms with E-state index in [1.165, 1.54) is 0 Å². The summed E-state index contributed by atoms with van der Waals surface area (Å²) in [4.78, 5) is 25.0. The van der Waals surface area contributed by atoms with Crippen LogP contribution in [-0.4, -0.2) is 25.2 Å². The molecule has 1 heterocycles. The van der Waals surface area contributed by atoms with Gasteiger partial charge in [0.15, 0.2) is 0 Å². The highest BCUT2D eigenvalue weighted by Crippen LogP contribution is 2.21. The van der Waals surface area contributed by atoms with E-state index in [1.807, 2.05) is 30.3 Å². The van der Waals surface area contributed by atoms with E-state index in [0.717, 1.165) is 16.9 Å². The summed E-state index contributed by atoms with van der Waals surface area (Å²) in [5.41, 5.74) is 2.64. The van der Waals surface area contributed by atoms with Crippen LogP contribution in [-0.2, 0) is 16.0 Å². The van der Waals surface area contributed by atoms with Gasteiger partial charge < -0.3 is 10.1 Å². The van der Waals surface area contributed by atoms with Gasteiger partial charge in [-0.25, -0.2) is 4.79 Å². The van der Waals surface area contributed by atoms with Crippen molar-refractivity contribution < 1.29 is 14.3 Å². The summed E-state index contributed by atoms with van der Waals surface area (Å²) in [7, 11) is 0. The molecule has 1 fully saturated rings. The number of carbonyl (C=O) groups excluding carboxylic acids is 2. The zero-order chi connectivity index (χ0) is 16.1. The molecule has 5 heteroatoms. The van der Waals surface area contributed by atoms with Crippen LogP contribution in [0.2, 0.25) is 0 Å². The highest BCUT2D eigenvalue weighted by Gasteiger charge is 2.23. The number of aryl methyl sites for hydroxylation is 1. The molecule has 3 rings (SSSR count). The van der Waals surface area contributed by atoms with Gasteiger partial charge in [-0.05, 0) is 36.2 Å². The normalized spacial score (nSPS) is 13.7. The zero-order valence-corrected chi connectivity index (χ0v) is 12.7. The Labute approximate surface area is 134 Å². The molecule has 0 aliphatic carbocycles. The van der Waals surface area contributed by atoms with Gasteiger partial charge in [0.2, 0.25) is 5.91 Å². The molecule has 2 aromatic carbocycles. The number of hydrogen-bond donors (Lipinski definition) is 1. The van der Waals surface area contributed by atoms with Gasteiger partial charge >= 0.3 is 6.09 Å². The van der Waals surface area contributed by atoms with E-state index >= 15 is 0 Å². The Hall–Kier alpha value is -2.82. The number of benzene rings is 2. The molecule has 0 saturated carbocycles. The Bertz CT molecular complexity index is 683. The zero-order valence-electron chi connectivity index (χ0n) is 12.7. The van der Waals surface area contributed by atoms with Crippen molar-refractivity contribution in [2.24, 2.45) is 0 Å². The maximum atomic E-state index is 12.0. The van der Waals surface area contributed by atoms with Crippen molar-refractivity contribution in [2.75, 3.05) is 23.4 Å². The molecular weight excluding hydrogens is 292 g/mol. The molecule has 0 bridgehead atoms. The van der Waals surface area contributed by atoms with E-state index in [-0.39, 0.29) is 12.0 Å². The molecule has 5 nitrogen and oxygen atoms in total. The van der Waals surface area contributed by atoms with Crippen molar-refractivity contribution >= 4 is 23.4 Å². The summed E-state index contributed by atoms with van der Waals surface area (Å²) in [6.45, 7) is 0.971. The number of nitrogens with zero attached hydrogens (tertiary/aromatic N) is 1. The summed E-state index contributed by atoms with van der Waals surface area (Å²) < 4.78 is 4.91. The van der Waals surface area contributed by atoms with E-state index < -0.39 is 0 Å². The number of hydrogen-bond acceptors (Lipinski definition) is 3. The molecule has 1 N–H and O–H groups in total. The molecule has 2 aromatic rings. The van der Waals surface area contributed by atoms with Gasteiger partial charge in [-0.1, -0.05) is 30.3 Å². The predicted molar refractivity (Wildman–Crippen MR) is 88.5 cm³/mol. The third-order valence-electron chi connectivity index (χ3n) is 3.71. The second-order valence-electron chi connectivity index (χ2n) is 5.35. The maximum Gasteiger partial charge on any atom is 0.414 e. The van der Waals surface area contributed by atoms with Gasteiger partial charge in [0, 0.05) is 17.8 Å². The van der Waals surface area contributed by atoms with E-state index in [2.05, 4.69) is 5.32 Å². The van der Waals surface area contributed by atoms with Crippen molar-refractivity contribution in [1.29, 1.82) is 0 Å². The van der Waals surface area contributed by atoms with Crippen LogP contribution in [0.15, 0.2) is 54.6 Å². The molecule has 0 unspecified atom stereocenters. The van der Waals surface area contributed by atoms with Crippen molar-refractivity contribution in [2.45, 2.75) is 12.8 Å². The van der Waals surface area contributed by atoms with Gasteiger partial charge in [-0.15, -0.1) is 0 Å². The first-order chi connectivity index (χ1) is 11.2. The van der Waals surface area contributed by atoms with Crippen LogP contribution in [0.1, 0.15) is 12.0 Å². The van der Waals surface area contributed by atoms with Crippen LogP contribution in [0.3, 0.4) is 0 Å². The highest BCUT2D eigenvalue weighted by molar-refractivity contribution is 5.92. The molecule has 118 valence electrons. The molecule has 1 saturated heterocycles. The first-order valence-corrected chi connectivity index (χ1v) is 7.60. The van der Waals surface area contributed by atoms with Crippen molar-refractivity contribution in [1.82, 2.24) is 0 Å². The molecular formula is C18H18N2O3. The Morgan fingerprint density at radius 3 is 2.48 bits per heavy atom. The molecule has 23 heavy (non-hydrogen) atoms. The number of nitrogens with one attached hydrogen (secondary N) is 1. The van der Waals surface area contributed by atoms with Gasteiger partial charge in [0.05, 0.1) is 6.54 Å². The molecule has 2 amide bonds. The lowest BCUT2D eigenvalue weighted by Gasteiger charge is -2.13. The predicted octanol–water partition coefficient (Wildman–Crippen LogP) is 3.21. The number of rotatable bonds is 5. The Kier molecular flexibility index (Phi) is 4.57. The number of anilines is 2. The molecule has 0 spiro atoms. The van der Waals surface area contributed by atoms with Gasteiger partial charge in [0.25, 0.3) is 0 Å². The van der Waals surface area contributed by atoms with E-state index in [0.29, 0.717) is 26.0 Å². The minimum atomic E-state index is -0.329. The number of carbonyl (C=O) groups is 2. The standard InChI is InChI=1S/C18H18N2O3/c21-17(11-6-14-4-2-1-3-5-14)19-15-7-9-16(10-8-15)20-12-13-23-18(20)22/h1-5,7-10H,6,11-13H2,(H,19,21). The summed E-state index contributed by atoms with van der Waals surface area (Å²) in [5, 5.41) is 2.87. The lowest BCUT2D eigenvalue weighted by Crippen LogP contribution is -2.23.